The van der Waals surface area contributed by atoms with Crippen LogP contribution in [0.4, 0.5) is 11.8 Å². The van der Waals surface area contributed by atoms with Gasteiger partial charge in [-0.05, 0) is 20.3 Å². The quantitative estimate of drug-likeness (QED) is 0.480. The lowest BCUT2D eigenvalue weighted by Crippen LogP contribution is -2.39. The van der Waals surface area contributed by atoms with Gasteiger partial charge in [-0.15, -0.1) is 6.42 Å². The van der Waals surface area contributed by atoms with Gasteiger partial charge in [0.25, 0.3) is 0 Å². The van der Waals surface area contributed by atoms with Gasteiger partial charge in [-0.25, -0.2) is 10.4 Å². The molecule has 4 heterocycles. The third-order valence-corrected chi connectivity index (χ3v) is 6.47. The predicted molar refractivity (Wildman–Crippen MR) is 115 cm³/mol. The van der Waals surface area contributed by atoms with Crippen LogP contribution in [-0.2, 0) is 11.3 Å². The lowest BCUT2D eigenvalue weighted by Gasteiger charge is -2.26. The monoisotopic (exact) mass is 425 g/mol. The van der Waals surface area contributed by atoms with E-state index in [-0.39, 0.29) is 29.7 Å². The topological polar surface area (TPSA) is 118 Å². The molecule has 2 aliphatic heterocycles. The Balaban J connectivity index is 1.63. The zero-order valence-electron chi connectivity index (χ0n) is 17.0. The van der Waals surface area contributed by atoms with Crippen molar-refractivity contribution in [3.63, 3.8) is 0 Å². The van der Waals surface area contributed by atoms with Crippen LogP contribution in [0.25, 0.3) is 0 Å². The summed E-state index contributed by atoms with van der Waals surface area (Å²) in [6.45, 7) is 4.63. The standard InChI is InChI=1S/C20H23N7O2S/c1-5-6-22-18(28)14-7-12-15-17(24-20(21)25-19(15)30-14)27(26-12)9-13-11(3)16(29-4)10(2)8-23-13/h1,8,12,14,26H,6-7,9H2,2-4H3,(H,22,28)(H2,21,24,25). The third kappa shape index (κ3) is 3.51. The van der Waals surface area contributed by atoms with E-state index >= 15 is 0 Å². The number of hydrogen-bond acceptors (Lipinski definition) is 9. The average Bonchev–Trinajstić information content (AvgIpc) is 3.06. The van der Waals surface area contributed by atoms with Crippen molar-refractivity contribution in [1.29, 1.82) is 0 Å². The van der Waals surface area contributed by atoms with E-state index in [4.69, 9.17) is 16.9 Å². The van der Waals surface area contributed by atoms with Crippen molar-refractivity contribution in [2.45, 2.75) is 43.1 Å². The Hall–Kier alpha value is -3.03. The van der Waals surface area contributed by atoms with Gasteiger partial charge in [0.05, 0.1) is 37.2 Å². The molecule has 0 aliphatic carbocycles. The number of nitrogens with two attached hydrogens (primary N) is 1. The lowest BCUT2D eigenvalue weighted by molar-refractivity contribution is -0.120. The van der Waals surface area contributed by atoms with Crippen molar-refractivity contribution in [3.05, 3.63) is 28.6 Å². The van der Waals surface area contributed by atoms with Crippen LogP contribution >= 0.6 is 11.8 Å². The summed E-state index contributed by atoms with van der Waals surface area (Å²) in [6, 6.07) is -0.0916. The van der Waals surface area contributed by atoms with Gasteiger partial charge in [0, 0.05) is 22.9 Å². The Labute approximate surface area is 179 Å². The second-order valence-electron chi connectivity index (χ2n) is 7.20. The van der Waals surface area contributed by atoms with Gasteiger partial charge in [0.2, 0.25) is 11.9 Å². The number of carbonyl (C=O) groups excluding carboxylic acids is 1. The first-order valence-electron chi connectivity index (χ1n) is 9.51. The van der Waals surface area contributed by atoms with Gasteiger partial charge < -0.3 is 15.8 Å². The van der Waals surface area contributed by atoms with E-state index in [0.29, 0.717) is 13.0 Å². The van der Waals surface area contributed by atoms with E-state index in [9.17, 15) is 4.79 Å². The van der Waals surface area contributed by atoms with E-state index in [0.717, 1.165) is 39.0 Å². The molecule has 30 heavy (non-hydrogen) atoms. The molecule has 0 aromatic carbocycles. The van der Waals surface area contributed by atoms with Crippen molar-refractivity contribution in [1.82, 2.24) is 25.7 Å². The number of amides is 1. The summed E-state index contributed by atoms with van der Waals surface area (Å²) in [5.41, 5.74) is 13.2. The number of terminal acetylenes is 1. The van der Waals surface area contributed by atoms with Gasteiger partial charge in [0.15, 0.2) is 5.82 Å². The van der Waals surface area contributed by atoms with Gasteiger partial charge >= 0.3 is 0 Å². The number of anilines is 2. The van der Waals surface area contributed by atoms with E-state index < -0.39 is 0 Å². The summed E-state index contributed by atoms with van der Waals surface area (Å²) in [7, 11) is 1.66. The van der Waals surface area contributed by atoms with Gasteiger partial charge in [-0.2, -0.15) is 4.98 Å². The van der Waals surface area contributed by atoms with Crippen LogP contribution in [0, 0.1) is 26.2 Å². The van der Waals surface area contributed by atoms with Crippen LogP contribution in [0.5, 0.6) is 5.75 Å². The molecule has 4 N–H and O–H groups in total. The number of aryl methyl sites for hydroxylation is 1. The Kier molecular flexibility index (Phi) is 5.40. The molecule has 2 aliphatic rings. The number of hydrogen-bond donors (Lipinski definition) is 3. The largest absolute Gasteiger partial charge is 0.496 e. The maximum Gasteiger partial charge on any atom is 0.234 e. The lowest BCUT2D eigenvalue weighted by atomic mass is 10.0. The molecule has 2 atom stereocenters. The van der Waals surface area contributed by atoms with Crippen LogP contribution in [0.3, 0.4) is 0 Å². The molecule has 0 fully saturated rings. The Morgan fingerprint density at radius 3 is 3.03 bits per heavy atom. The summed E-state index contributed by atoms with van der Waals surface area (Å²) in [5.74, 6) is 4.03. The second-order valence-corrected chi connectivity index (χ2v) is 8.39. The van der Waals surface area contributed by atoms with E-state index in [1.807, 2.05) is 18.9 Å². The maximum absolute atomic E-state index is 12.5. The number of hydrazine groups is 1. The van der Waals surface area contributed by atoms with E-state index in [1.54, 1.807) is 13.3 Å². The molecule has 2 unspecified atom stereocenters. The van der Waals surface area contributed by atoms with Crippen molar-refractivity contribution in [3.8, 4) is 18.1 Å². The highest BCUT2D eigenvalue weighted by Crippen LogP contribution is 2.47. The fourth-order valence-corrected chi connectivity index (χ4v) is 5.10. The summed E-state index contributed by atoms with van der Waals surface area (Å²) in [4.78, 5) is 25.9. The van der Waals surface area contributed by atoms with Crippen molar-refractivity contribution in [2.75, 3.05) is 24.4 Å². The summed E-state index contributed by atoms with van der Waals surface area (Å²) in [6.07, 6.45) is 7.65. The van der Waals surface area contributed by atoms with Crippen molar-refractivity contribution < 1.29 is 9.53 Å². The number of nitrogen functional groups attached to an aromatic ring is 1. The molecule has 2 aromatic rings. The zero-order chi connectivity index (χ0) is 21.4. The highest BCUT2D eigenvalue weighted by molar-refractivity contribution is 8.00. The number of carbonyl (C=O) groups is 1. The number of methoxy groups -OCH3 is 1. The molecule has 0 radical (unpaired) electrons. The Bertz CT molecular complexity index is 1050. The molecular formula is C20H23N7O2S. The molecule has 1 amide bonds. The number of nitrogens with zero attached hydrogens (tertiary/aromatic N) is 4. The van der Waals surface area contributed by atoms with Crippen molar-refractivity contribution >= 4 is 29.4 Å². The third-order valence-electron chi connectivity index (χ3n) is 5.24. The normalized spacial score (nSPS) is 19.2. The van der Waals surface area contributed by atoms with Crippen LogP contribution < -0.4 is 26.2 Å². The first-order valence-corrected chi connectivity index (χ1v) is 10.4. The summed E-state index contributed by atoms with van der Waals surface area (Å²) in [5, 5.41) is 5.08. The van der Waals surface area contributed by atoms with Crippen molar-refractivity contribution in [2.24, 2.45) is 0 Å². The minimum Gasteiger partial charge on any atom is -0.496 e. The first-order chi connectivity index (χ1) is 14.4. The fraction of sp³-hybridized carbons (Fsp3) is 0.400. The Morgan fingerprint density at radius 1 is 1.50 bits per heavy atom. The average molecular weight is 426 g/mol. The summed E-state index contributed by atoms with van der Waals surface area (Å²) >= 11 is 1.39. The number of thioether (sulfide) groups is 1. The molecule has 10 heteroatoms. The summed E-state index contributed by atoms with van der Waals surface area (Å²) < 4.78 is 5.53. The van der Waals surface area contributed by atoms with E-state index in [2.05, 4.69) is 31.6 Å². The molecular weight excluding hydrogens is 402 g/mol. The predicted octanol–water partition coefficient (Wildman–Crippen LogP) is 1.26. The van der Waals surface area contributed by atoms with Crippen LogP contribution in [0.15, 0.2) is 11.2 Å². The number of aromatic nitrogens is 3. The van der Waals surface area contributed by atoms with Gasteiger partial charge in [-0.3, -0.25) is 14.8 Å². The molecule has 156 valence electrons. The van der Waals surface area contributed by atoms with Crippen LogP contribution in [0.1, 0.15) is 34.8 Å². The minimum absolute atomic E-state index is 0.0916. The molecule has 0 saturated heterocycles. The van der Waals surface area contributed by atoms with E-state index in [1.165, 1.54) is 11.8 Å². The SMILES string of the molecule is C#CCNC(=O)C1CC2NN(Cc3ncc(C)c(OC)c3C)c3nc(N)nc(c32)S1. The molecule has 0 bridgehead atoms. The van der Waals surface area contributed by atoms with Crippen LogP contribution in [-0.4, -0.2) is 39.8 Å². The zero-order valence-corrected chi connectivity index (χ0v) is 17.8. The number of nitrogens with one attached hydrogen (secondary N) is 2. The number of rotatable bonds is 5. The number of ether oxygens (including phenoxy) is 1. The molecule has 0 spiro atoms. The highest BCUT2D eigenvalue weighted by atomic mass is 32.2. The smallest absolute Gasteiger partial charge is 0.234 e. The van der Waals surface area contributed by atoms with Gasteiger partial charge in [-0.1, -0.05) is 17.7 Å². The first kappa shape index (κ1) is 20.3. The van der Waals surface area contributed by atoms with Gasteiger partial charge in [0.1, 0.15) is 10.8 Å². The molecule has 0 saturated carbocycles. The fourth-order valence-electron chi connectivity index (χ4n) is 3.85. The highest BCUT2D eigenvalue weighted by Gasteiger charge is 2.41. The van der Waals surface area contributed by atoms with Crippen LogP contribution in [0.2, 0.25) is 0 Å². The minimum atomic E-state index is -0.315. The maximum atomic E-state index is 12.5. The Morgan fingerprint density at radius 2 is 2.30 bits per heavy atom. The molecule has 4 rings (SSSR count). The second kappa shape index (κ2) is 8.01. The number of pyridine rings is 1. The molecule has 2 aromatic heterocycles. The molecule has 9 nitrogen and oxygen atoms in total.